The van der Waals surface area contributed by atoms with Gasteiger partial charge in [0.15, 0.2) is 0 Å². The molecule has 3 amide bonds. The SMILES string of the molecule is CC(C)[C@H](NC(=O)c1ccc2ccccc2n1)C(=O)N[C@@H](Cc1ccccc1)[C@H](O)CN1CC[C@@H](OCc2cccnc2)CC1C(=O)NC(C)(C)C. The molecule has 0 bridgehead atoms. The number of nitrogens with zero attached hydrogens (tertiary/aromatic N) is 3. The second kappa shape index (κ2) is 17.7. The number of aliphatic hydroxyl groups excluding tert-OH is 1. The van der Waals surface area contributed by atoms with Crippen LogP contribution < -0.4 is 16.0 Å². The van der Waals surface area contributed by atoms with Gasteiger partial charge in [0, 0.05) is 36.4 Å². The molecule has 0 radical (unpaired) electrons. The van der Waals surface area contributed by atoms with Crippen molar-refractivity contribution in [3.05, 3.63) is 108 Å². The van der Waals surface area contributed by atoms with Gasteiger partial charge in [0.1, 0.15) is 11.7 Å². The van der Waals surface area contributed by atoms with Crippen molar-refractivity contribution >= 4 is 28.6 Å². The van der Waals surface area contributed by atoms with Crippen LogP contribution in [0.3, 0.4) is 0 Å². The molecule has 4 N–H and O–H groups in total. The normalized spacial score (nSPS) is 18.4. The van der Waals surface area contributed by atoms with Gasteiger partial charge in [-0.05, 0) is 75.3 Å². The Bertz CT molecular complexity index is 1780. The van der Waals surface area contributed by atoms with Crippen LogP contribution in [0.1, 0.15) is 69.1 Å². The van der Waals surface area contributed by atoms with Gasteiger partial charge >= 0.3 is 0 Å². The number of hydrogen-bond acceptors (Lipinski definition) is 8. The number of rotatable bonds is 14. The van der Waals surface area contributed by atoms with Gasteiger partial charge in [-0.1, -0.05) is 74.5 Å². The summed E-state index contributed by atoms with van der Waals surface area (Å²) in [6.45, 7) is 10.6. The number of nitrogens with one attached hydrogen (secondary N) is 3. The third-order valence-electron chi connectivity index (χ3n) is 9.25. The lowest BCUT2D eigenvalue weighted by Crippen LogP contribution is -2.60. The van der Waals surface area contributed by atoms with Crippen LogP contribution in [-0.2, 0) is 27.4 Å². The monoisotopic (exact) mass is 708 g/mol. The van der Waals surface area contributed by atoms with Gasteiger partial charge in [-0.25, -0.2) is 4.98 Å². The highest BCUT2D eigenvalue weighted by molar-refractivity contribution is 5.98. The molecule has 1 fully saturated rings. The molecule has 1 unspecified atom stereocenters. The summed E-state index contributed by atoms with van der Waals surface area (Å²) in [6, 6.07) is 22.3. The van der Waals surface area contributed by atoms with Crippen LogP contribution in [0.4, 0.5) is 0 Å². The van der Waals surface area contributed by atoms with Crippen molar-refractivity contribution in [3.63, 3.8) is 0 Å². The van der Waals surface area contributed by atoms with E-state index in [-0.39, 0.29) is 30.2 Å². The van der Waals surface area contributed by atoms with Crippen LogP contribution >= 0.6 is 0 Å². The third-order valence-corrected chi connectivity index (χ3v) is 9.25. The second-order valence-corrected chi connectivity index (χ2v) is 15.0. The lowest BCUT2D eigenvalue weighted by atomic mass is 9.94. The molecule has 4 aromatic rings. The number of pyridine rings is 2. The first-order valence-corrected chi connectivity index (χ1v) is 18.1. The molecule has 1 aliphatic rings. The molecule has 276 valence electrons. The van der Waals surface area contributed by atoms with Gasteiger partial charge in [-0.15, -0.1) is 0 Å². The topological polar surface area (TPSA) is 146 Å². The molecule has 5 rings (SSSR count). The molecule has 1 saturated heterocycles. The number of fused-ring (bicyclic) bond motifs is 1. The van der Waals surface area contributed by atoms with Crippen LogP contribution in [0.2, 0.25) is 0 Å². The fraction of sp³-hybridized carbons (Fsp3) is 0.439. The molecule has 11 nitrogen and oxygen atoms in total. The summed E-state index contributed by atoms with van der Waals surface area (Å²) in [5.41, 5.74) is 2.34. The summed E-state index contributed by atoms with van der Waals surface area (Å²) >= 11 is 0. The van der Waals surface area contributed by atoms with Crippen molar-refractivity contribution in [2.45, 2.75) is 96.4 Å². The standard InChI is InChI=1S/C41H52N6O5/c1-27(2)37(45-38(49)33-18-17-30-15-9-10-16-32(30)43-33)40(51)44-34(22-28-12-7-6-8-13-28)36(48)25-47-21-19-31(52-26-29-14-11-20-42-24-29)23-35(47)39(50)46-41(3,4)5/h6-18,20,24,27,31,34-37,48H,19,21-23,25-26H2,1-5H3,(H,44,51)(H,45,49)(H,46,50)/t31-,34+,35?,36-,37+/m1/s1. The maximum absolute atomic E-state index is 14.0. The molecule has 2 aromatic heterocycles. The maximum atomic E-state index is 14.0. The average molecular weight is 709 g/mol. The van der Waals surface area contributed by atoms with Crippen LogP contribution in [0.25, 0.3) is 10.9 Å². The number of benzene rings is 2. The number of hydrogen-bond donors (Lipinski definition) is 4. The van der Waals surface area contributed by atoms with Crippen molar-refractivity contribution in [1.82, 2.24) is 30.8 Å². The molecule has 0 aliphatic carbocycles. The van der Waals surface area contributed by atoms with Gasteiger partial charge in [0.25, 0.3) is 5.91 Å². The number of β-amino-alcohol motifs (C(OH)–C–C–N with tert-alkyl or cyclic N) is 1. The van der Waals surface area contributed by atoms with Crippen LogP contribution in [-0.4, -0.2) is 86.7 Å². The number of aromatic nitrogens is 2. The van der Waals surface area contributed by atoms with Crippen molar-refractivity contribution in [2.75, 3.05) is 13.1 Å². The Hall–Kier alpha value is -4.71. The number of carbonyl (C=O) groups excluding carboxylic acids is 3. The van der Waals surface area contributed by atoms with Crippen molar-refractivity contribution in [1.29, 1.82) is 0 Å². The van der Waals surface area contributed by atoms with Crippen LogP contribution in [0, 0.1) is 5.92 Å². The van der Waals surface area contributed by atoms with E-state index in [9.17, 15) is 19.5 Å². The first-order valence-electron chi connectivity index (χ1n) is 18.1. The quantitative estimate of drug-likeness (QED) is 0.151. The van der Waals surface area contributed by atoms with Gasteiger partial charge in [0.2, 0.25) is 11.8 Å². The van der Waals surface area contributed by atoms with Crippen molar-refractivity contribution in [3.8, 4) is 0 Å². The summed E-state index contributed by atoms with van der Waals surface area (Å²) in [5.74, 6) is -1.26. The van der Waals surface area contributed by atoms with E-state index in [2.05, 4.69) is 25.9 Å². The Kier molecular flexibility index (Phi) is 13.1. The van der Waals surface area contributed by atoms with E-state index in [4.69, 9.17) is 4.74 Å². The summed E-state index contributed by atoms with van der Waals surface area (Å²) in [5, 5.41) is 21.9. The fourth-order valence-electron chi connectivity index (χ4n) is 6.51. The molecule has 0 spiro atoms. The molecule has 5 atom stereocenters. The molecule has 2 aromatic carbocycles. The van der Waals surface area contributed by atoms with Gasteiger partial charge in [-0.3, -0.25) is 24.3 Å². The third kappa shape index (κ3) is 10.9. The molecule has 11 heteroatoms. The van der Waals surface area contributed by atoms with E-state index in [1.165, 1.54) is 0 Å². The zero-order valence-corrected chi connectivity index (χ0v) is 30.8. The molecular formula is C41H52N6O5. The Morgan fingerprint density at radius 2 is 1.67 bits per heavy atom. The van der Waals surface area contributed by atoms with Crippen LogP contribution in [0.5, 0.6) is 0 Å². The minimum atomic E-state index is -1.03. The van der Waals surface area contributed by atoms with Crippen molar-refractivity contribution < 1.29 is 24.2 Å². The first-order chi connectivity index (χ1) is 24.9. The predicted octanol–water partition coefficient (Wildman–Crippen LogP) is 4.44. The number of aliphatic hydroxyl groups is 1. The van der Waals surface area contributed by atoms with Gasteiger partial charge < -0.3 is 25.8 Å². The summed E-state index contributed by atoms with van der Waals surface area (Å²) in [4.78, 5) is 51.7. The zero-order chi connectivity index (χ0) is 37.3. The number of para-hydroxylation sites is 1. The first kappa shape index (κ1) is 38.5. The van der Waals surface area contributed by atoms with Crippen molar-refractivity contribution in [2.24, 2.45) is 5.92 Å². The molecule has 52 heavy (non-hydrogen) atoms. The number of ether oxygens (including phenoxy) is 1. The Morgan fingerprint density at radius 1 is 0.942 bits per heavy atom. The lowest BCUT2D eigenvalue weighted by Gasteiger charge is -2.41. The number of piperidine rings is 1. The second-order valence-electron chi connectivity index (χ2n) is 15.0. The highest BCUT2D eigenvalue weighted by Crippen LogP contribution is 2.24. The summed E-state index contributed by atoms with van der Waals surface area (Å²) in [6.07, 6.45) is 3.77. The average Bonchev–Trinajstić information content (AvgIpc) is 3.12. The Morgan fingerprint density at radius 3 is 2.38 bits per heavy atom. The molecule has 1 aliphatic heterocycles. The minimum Gasteiger partial charge on any atom is -0.390 e. The maximum Gasteiger partial charge on any atom is 0.270 e. The van der Waals surface area contributed by atoms with E-state index >= 15 is 0 Å². The summed E-state index contributed by atoms with van der Waals surface area (Å²) in [7, 11) is 0. The fourth-order valence-corrected chi connectivity index (χ4v) is 6.51. The summed E-state index contributed by atoms with van der Waals surface area (Å²) < 4.78 is 6.24. The largest absolute Gasteiger partial charge is 0.390 e. The molecule has 3 heterocycles. The zero-order valence-electron chi connectivity index (χ0n) is 30.8. The minimum absolute atomic E-state index is 0.136. The Labute approximate surface area is 306 Å². The number of amides is 3. The van der Waals surface area contributed by atoms with Crippen LogP contribution in [0.15, 0.2) is 91.3 Å². The Balaban J connectivity index is 1.31. The number of carbonyl (C=O) groups is 3. The van der Waals surface area contributed by atoms with E-state index in [0.29, 0.717) is 37.9 Å². The van der Waals surface area contributed by atoms with E-state index in [1.54, 1.807) is 18.5 Å². The van der Waals surface area contributed by atoms with Gasteiger partial charge in [0.05, 0.1) is 36.4 Å². The molecule has 0 saturated carbocycles. The highest BCUT2D eigenvalue weighted by Gasteiger charge is 2.38. The van der Waals surface area contributed by atoms with Gasteiger partial charge in [-0.2, -0.15) is 0 Å². The molecular weight excluding hydrogens is 656 g/mol. The lowest BCUT2D eigenvalue weighted by molar-refractivity contribution is -0.134. The van der Waals surface area contributed by atoms with E-state index in [0.717, 1.165) is 16.5 Å². The highest BCUT2D eigenvalue weighted by atomic mass is 16.5. The smallest absolute Gasteiger partial charge is 0.270 e. The predicted molar refractivity (Wildman–Crippen MR) is 201 cm³/mol. The van der Waals surface area contributed by atoms with E-state index in [1.807, 2.05) is 112 Å². The van der Waals surface area contributed by atoms with E-state index < -0.39 is 41.6 Å². The number of likely N-dealkylation sites (tertiary alicyclic amines) is 1.